The number of hydrogen-bond donors (Lipinski definition) is 0. The SMILES string of the molecule is CCC(C)c1ccc(C)c2c1OCO2. The molecule has 0 radical (unpaired) electrons. The molecule has 2 rings (SSSR count). The molecule has 0 saturated heterocycles. The fourth-order valence-corrected chi connectivity index (χ4v) is 1.76. The molecule has 1 aliphatic rings. The number of benzene rings is 1. The van der Waals surface area contributed by atoms with E-state index in [4.69, 9.17) is 9.47 Å². The third-order valence-corrected chi connectivity index (χ3v) is 2.89. The molecule has 0 amide bonds. The molecule has 14 heavy (non-hydrogen) atoms. The standard InChI is InChI=1S/C12H16O2/c1-4-8(2)10-6-5-9(3)11-12(10)14-7-13-11/h5-6,8H,4,7H2,1-3H3. The second-order valence-corrected chi connectivity index (χ2v) is 3.85. The summed E-state index contributed by atoms with van der Waals surface area (Å²) in [5.74, 6) is 2.42. The van der Waals surface area contributed by atoms with Gasteiger partial charge >= 0.3 is 0 Å². The highest BCUT2D eigenvalue weighted by Gasteiger charge is 2.21. The zero-order valence-electron chi connectivity index (χ0n) is 8.96. The van der Waals surface area contributed by atoms with E-state index in [1.54, 1.807) is 0 Å². The lowest BCUT2D eigenvalue weighted by atomic mass is 9.96. The largest absolute Gasteiger partial charge is 0.453 e. The maximum absolute atomic E-state index is 5.51. The van der Waals surface area contributed by atoms with Gasteiger partial charge in [0.25, 0.3) is 0 Å². The van der Waals surface area contributed by atoms with Crippen LogP contribution >= 0.6 is 0 Å². The Balaban J connectivity index is 2.48. The molecule has 1 atom stereocenters. The highest BCUT2D eigenvalue weighted by Crippen LogP contribution is 2.42. The summed E-state index contributed by atoms with van der Waals surface area (Å²) < 4.78 is 11.0. The molecule has 1 unspecified atom stereocenters. The molecule has 0 aliphatic carbocycles. The van der Waals surface area contributed by atoms with Crippen molar-refractivity contribution in [2.45, 2.75) is 33.1 Å². The molecule has 0 N–H and O–H groups in total. The van der Waals surface area contributed by atoms with Gasteiger partial charge in [-0.1, -0.05) is 26.0 Å². The Kier molecular flexibility index (Phi) is 2.36. The van der Waals surface area contributed by atoms with E-state index in [9.17, 15) is 0 Å². The smallest absolute Gasteiger partial charge is 0.231 e. The number of aryl methyl sites for hydroxylation is 1. The predicted molar refractivity (Wildman–Crippen MR) is 56.0 cm³/mol. The zero-order chi connectivity index (χ0) is 10.1. The fourth-order valence-electron chi connectivity index (χ4n) is 1.76. The molecule has 76 valence electrons. The van der Waals surface area contributed by atoms with Crippen LogP contribution in [0.25, 0.3) is 0 Å². The van der Waals surface area contributed by atoms with E-state index in [-0.39, 0.29) is 0 Å². The van der Waals surface area contributed by atoms with Crippen molar-refractivity contribution in [1.82, 2.24) is 0 Å². The van der Waals surface area contributed by atoms with E-state index in [0.29, 0.717) is 12.7 Å². The van der Waals surface area contributed by atoms with Crippen LogP contribution in [0.2, 0.25) is 0 Å². The zero-order valence-corrected chi connectivity index (χ0v) is 8.96. The van der Waals surface area contributed by atoms with Crippen LogP contribution < -0.4 is 9.47 Å². The Hall–Kier alpha value is -1.18. The summed E-state index contributed by atoms with van der Waals surface area (Å²) in [5.41, 5.74) is 2.43. The van der Waals surface area contributed by atoms with Gasteiger partial charge in [0, 0.05) is 5.56 Å². The van der Waals surface area contributed by atoms with Gasteiger partial charge in [0.05, 0.1) is 0 Å². The van der Waals surface area contributed by atoms with Crippen LogP contribution in [0.15, 0.2) is 12.1 Å². The summed E-state index contributed by atoms with van der Waals surface area (Å²) in [6.45, 7) is 6.82. The Labute approximate surface area is 84.8 Å². The van der Waals surface area contributed by atoms with Crippen LogP contribution in [-0.2, 0) is 0 Å². The number of hydrogen-bond acceptors (Lipinski definition) is 2. The molecule has 0 spiro atoms. The van der Waals surface area contributed by atoms with Gasteiger partial charge in [0.2, 0.25) is 6.79 Å². The average Bonchev–Trinajstić information content (AvgIpc) is 2.67. The minimum absolute atomic E-state index is 0.365. The summed E-state index contributed by atoms with van der Waals surface area (Å²) >= 11 is 0. The normalized spacial score (nSPS) is 15.6. The second-order valence-electron chi connectivity index (χ2n) is 3.85. The van der Waals surface area contributed by atoms with Crippen molar-refractivity contribution in [2.24, 2.45) is 0 Å². The Morgan fingerprint density at radius 2 is 2.00 bits per heavy atom. The first kappa shape index (κ1) is 9.38. The van der Waals surface area contributed by atoms with Crippen molar-refractivity contribution in [3.63, 3.8) is 0 Å². The average molecular weight is 192 g/mol. The van der Waals surface area contributed by atoms with E-state index in [1.807, 2.05) is 6.92 Å². The molecular weight excluding hydrogens is 176 g/mol. The van der Waals surface area contributed by atoms with E-state index in [1.165, 1.54) is 5.56 Å². The number of ether oxygens (including phenoxy) is 2. The lowest BCUT2D eigenvalue weighted by molar-refractivity contribution is 0.172. The first-order valence-corrected chi connectivity index (χ1v) is 5.13. The second kappa shape index (κ2) is 3.52. The van der Waals surface area contributed by atoms with Gasteiger partial charge in [-0.15, -0.1) is 0 Å². The minimum atomic E-state index is 0.365. The maximum Gasteiger partial charge on any atom is 0.231 e. The molecule has 1 aliphatic heterocycles. The van der Waals surface area contributed by atoms with Crippen LogP contribution in [0.5, 0.6) is 11.5 Å². The van der Waals surface area contributed by atoms with Crippen molar-refractivity contribution in [3.8, 4) is 11.5 Å². The monoisotopic (exact) mass is 192 g/mol. The summed E-state index contributed by atoms with van der Waals surface area (Å²) in [4.78, 5) is 0. The topological polar surface area (TPSA) is 18.5 Å². The van der Waals surface area contributed by atoms with E-state index < -0.39 is 0 Å². The highest BCUT2D eigenvalue weighted by atomic mass is 16.7. The Morgan fingerprint density at radius 1 is 1.29 bits per heavy atom. The van der Waals surface area contributed by atoms with E-state index in [2.05, 4.69) is 26.0 Å². The van der Waals surface area contributed by atoms with Crippen LogP contribution in [0.4, 0.5) is 0 Å². The van der Waals surface area contributed by atoms with Crippen molar-refractivity contribution in [1.29, 1.82) is 0 Å². The van der Waals surface area contributed by atoms with Crippen molar-refractivity contribution >= 4 is 0 Å². The molecule has 0 bridgehead atoms. The molecule has 1 aromatic carbocycles. The predicted octanol–water partition coefficient (Wildman–Crippen LogP) is 3.24. The Morgan fingerprint density at radius 3 is 2.71 bits per heavy atom. The van der Waals surface area contributed by atoms with E-state index in [0.717, 1.165) is 23.5 Å². The third-order valence-electron chi connectivity index (χ3n) is 2.89. The third kappa shape index (κ3) is 1.35. The quantitative estimate of drug-likeness (QED) is 0.716. The first-order valence-electron chi connectivity index (χ1n) is 5.13. The Bertz CT molecular complexity index is 344. The summed E-state index contributed by atoms with van der Waals surface area (Å²) in [7, 11) is 0. The molecular formula is C12H16O2. The highest BCUT2D eigenvalue weighted by molar-refractivity contribution is 5.53. The summed E-state index contributed by atoms with van der Waals surface area (Å²) in [6.07, 6.45) is 1.12. The minimum Gasteiger partial charge on any atom is -0.453 e. The summed E-state index contributed by atoms with van der Waals surface area (Å²) in [5, 5.41) is 0. The molecule has 0 fully saturated rings. The maximum atomic E-state index is 5.51. The van der Waals surface area contributed by atoms with Gasteiger partial charge in [-0.2, -0.15) is 0 Å². The van der Waals surface area contributed by atoms with Gasteiger partial charge in [-0.05, 0) is 24.8 Å². The van der Waals surface area contributed by atoms with Gasteiger partial charge in [-0.25, -0.2) is 0 Å². The molecule has 2 nitrogen and oxygen atoms in total. The van der Waals surface area contributed by atoms with Crippen LogP contribution in [0, 0.1) is 6.92 Å². The van der Waals surface area contributed by atoms with E-state index >= 15 is 0 Å². The molecule has 2 heteroatoms. The molecule has 0 saturated carbocycles. The van der Waals surface area contributed by atoms with Gasteiger partial charge in [0.1, 0.15) is 0 Å². The van der Waals surface area contributed by atoms with Gasteiger partial charge in [-0.3, -0.25) is 0 Å². The van der Waals surface area contributed by atoms with Crippen LogP contribution in [0.1, 0.15) is 37.3 Å². The number of rotatable bonds is 2. The van der Waals surface area contributed by atoms with Crippen LogP contribution in [0.3, 0.4) is 0 Å². The lowest BCUT2D eigenvalue weighted by Gasteiger charge is -2.12. The fraction of sp³-hybridized carbons (Fsp3) is 0.500. The molecule has 0 aromatic heterocycles. The van der Waals surface area contributed by atoms with Crippen molar-refractivity contribution in [3.05, 3.63) is 23.3 Å². The lowest BCUT2D eigenvalue weighted by Crippen LogP contribution is -1.96. The molecule has 1 aromatic rings. The van der Waals surface area contributed by atoms with Gasteiger partial charge < -0.3 is 9.47 Å². The van der Waals surface area contributed by atoms with Gasteiger partial charge in [0.15, 0.2) is 11.5 Å². The van der Waals surface area contributed by atoms with Crippen LogP contribution in [-0.4, -0.2) is 6.79 Å². The summed E-state index contributed by atoms with van der Waals surface area (Å²) in [6, 6.07) is 4.26. The number of fused-ring (bicyclic) bond motifs is 1. The molecule has 1 heterocycles. The first-order chi connectivity index (χ1) is 6.74. The van der Waals surface area contributed by atoms with Crippen molar-refractivity contribution < 1.29 is 9.47 Å². The van der Waals surface area contributed by atoms with Crippen molar-refractivity contribution in [2.75, 3.05) is 6.79 Å².